The van der Waals surface area contributed by atoms with Crippen LogP contribution in [-0.4, -0.2) is 45.1 Å². The van der Waals surface area contributed by atoms with E-state index in [1.807, 2.05) is 18.2 Å². The number of aryl methyl sites for hydroxylation is 2. The fourth-order valence-corrected chi connectivity index (χ4v) is 3.40. The molecule has 1 aromatic carbocycles. The van der Waals surface area contributed by atoms with Crippen LogP contribution in [0.25, 0.3) is 0 Å². The lowest BCUT2D eigenvalue weighted by molar-refractivity contribution is -0.385. The van der Waals surface area contributed by atoms with Crippen LogP contribution in [0.4, 0.5) is 5.69 Å². The molecule has 1 aromatic heterocycles. The maximum atomic E-state index is 13.1. The Labute approximate surface area is 161 Å². The first kappa shape index (κ1) is 20.2. The molecular formula is C16H19Cl2N5O3. The zero-order valence-corrected chi connectivity index (χ0v) is 15.9. The van der Waals surface area contributed by atoms with Crippen molar-refractivity contribution < 1.29 is 9.72 Å². The lowest BCUT2D eigenvalue weighted by Gasteiger charge is -2.36. The SMILES string of the molecule is Cc1nn(C)c(C(=O)N2CCNCC2c2cccc(Cl)c2)c1[N+](=O)[O-].Cl. The molecule has 2 aromatic rings. The lowest BCUT2D eigenvalue weighted by atomic mass is 10.0. The van der Waals surface area contributed by atoms with E-state index in [0.717, 1.165) is 5.56 Å². The number of carbonyl (C=O) groups is 1. The summed E-state index contributed by atoms with van der Waals surface area (Å²) in [6.07, 6.45) is 0. The van der Waals surface area contributed by atoms with Gasteiger partial charge in [0.2, 0.25) is 5.69 Å². The van der Waals surface area contributed by atoms with Gasteiger partial charge in [0.1, 0.15) is 5.69 Å². The van der Waals surface area contributed by atoms with Crippen LogP contribution in [0.2, 0.25) is 5.02 Å². The Hall–Kier alpha value is -2.16. The third-order valence-electron chi connectivity index (χ3n) is 4.31. The van der Waals surface area contributed by atoms with E-state index in [4.69, 9.17) is 11.6 Å². The van der Waals surface area contributed by atoms with Gasteiger partial charge in [-0.15, -0.1) is 12.4 Å². The van der Waals surface area contributed by atoms with E-state index in [0.29, 0.717) is 24.7 Å². The highest BCUT2D eigenvalue weighted by molar-refractivity contribution is 6.30. The van der Waals surface area contributed by atoms with E-state index in [1.54, 1.807) is 18.0 Å². The molecule has 2 heterocycles. The number of halogens is 2. The van der Waals surface area contributed by atoms with E-state index in [2.05, 4.69) is 10.4 Å². The Morgan fingerprint density at radius 3 is 2.85 bits per heavy atom. The number of nitrogens with one attached hydrogen (secondary N) is 1. The molecule has 0 aliphatic carbocycles. The molecule has 0 bridgehead atoms. The van der Waals surface area contributed by atoms with Crippen LogP contribution in [0.5, 0.6) is 0 Å². The molecule has 1 amide bonds. The second-order valence-corrected chi connectivity index (χ2v) is 6.37. The zero-order chi connectivity index (χ0) is 18.1. The van der Waals surface area contributed by atoms with E-state index in [-0.39, 0.29) is 35.5 Å². The van der Waals surface area contributed by atoms with Crippen LogP contribution < -0.4 is 5.32 Å². The maximum absolute atomic E-state index is 13.1. The molecule has 1 unspecified atom stereocenters. The van der Waals surface area contributed by atoms with Gasteiger partial charge in [-0.1, -0.05) is 23.7 Å². The molecule has 1 aliphatic rings. The molecular weight excluding hydrogens is 381 g/mol. The third kappa shape index (κ3) is 3.67. The number of aromatic nitrogens is 2. The highest BCUT2D eigenvalue weighted by Gasteiger charge is 2.36. The first-order chi connectivity index (χ1) is 11.9. The number of nitro groups is 1. The molecule has 0 saturated carbocycles. The smallest absolute Gasteiger partial charge is 0.322 e. The second kappa shape index (κ2) is 8.03. The van der Waals surface area contributed by atoms with Crippen LogP contribution in [-0.2, 0) is 7.05 Å². The Morgan fingerprint density at radius 1 is 1.46 bits per heavy atom. The number of benzene rings is 1. The van der Waals surface area contributed by atoms with Crippen LogP contribution in [0, 0.1) is 17.0 Å². The van der Waals surface area contributed by atoms with Gasteiger partial charge < -0.3 is 10.2 Å². The topological polar surface area (TPSA) is 93.3 Å². The number of rotatable bonds is 3. The van der Waals surface area contributed by atoms with Gasteiger partial charge in [-0.3, -0.25) is 19.6 Å². The molecule has 10 heteroatoms. The van der Waals surface area contributed by atoms with Crippen molar-refractivity contribution in [2.75, 3.05) is 19.6 Å². The predicted octanol–water partition coefficient (Wildman–Crippen LogP) is 2.50. The van der Waals surface area contributed by atoms with Gasteiger partial charge >= 0.3 is 5.69 Å². The largest absolute Gasteiger partial charge is 0.327 e. The fraction of sp³-hybridized carbons (Fsp3) is 0.375. The minimum absolute atomic E-state index is 0. The molecule has 1 N–H and O–H groups in total. The standard InChI is InChI=1S/C16H18ClN5O3.ClH/c1-10-14(22(24)25)15(20(2)19-10)16(23)21-7-6-18-9-13(21)11-4-3-5-12(17)8-11;/h3-5,8,13,18H,6-7,9H2,1-2H3;1H. The summed E-state index contributed by atoms with van der Waals surface area (Å²) < 4.78 is 1.28. The van der Waals surface area contributed by atoms with Crippen molar-refractivity contribution in [1.82, 2.24) is 20.0 Å². The van der Waals surface area contributed by atoms with Crippen molar-refractivity contribution in [2.45, 2.75) is 13.0 Å². The van der Waals surface area contributed by atoms with Crippen molar-refractivity contribution >= 4 is 35.6 Å². The van der Waals surface area contributed by atoms with Gasteiger partial charge in [0.25, 0.3) is 5.91 Å². The van der Waals surface area contributed by atoms with Crippen molar-refractivity contribution in [3.63, 3.8) is 0 Å². The van der Waals surface area contributed by atoms with Crippen LogP contribution in [0.1, 0.15) is 27.8 Å². The Bertz CT molecular complexity index is 839. The highest BCUT2D eigenvalue weighted by Crippen LogP contribution is 2.29. The number of hydrogen-bond donors (Lipinski definition) is 1. The monoisotopic (exact) mass is 399 g/mol. The van der Waals surface area contributed by atoms with E-state index < -0.39 is 10.8 Å². The summed E-state index contributed by atoms with van der Waals surface area (Å²) in [6.45, 7) is 3.14. The molecule has 0 spiro atoms. The molecule has 1 aliphatic heterocycles. The first-order valence-electron chi connectivity index (χ1n) is 7.85. The molecule has 140 valence electrons. The summed E-state index contributed by atoms with van der Waals surface area (Å²) in [5.41, 5.74) is 0.868. The minimum atomic E-state index is -0.549. The molecule has 0 radical (unpaired) electrons. The van der Waals surface area contributed by atoms with Crippen molar-refractivity contribution in [3.8, 4) is 0 Å². The molecule has 26 heavy (non-hydrogen) atoms. The number of piperazine rings is 1. The van der Waals surface area contributed by atoms with Crippen LogP contribution in [0.15, 0.2) is 24.3 Å². The fourth-order valence-electron chi connectivity index (χ4n) is 3.20. The van der Waals surface area contributed by atoms with Crippen molar-refractivity contribution in [2.24, 2.45) is 7.05 Å². The predicted molar refractivity (Wildman–Crippen MR) is 99.9 cm³/mol. The zero-order valence-electron chi connectivity index (χ0n) is 14.3. The second-order valence-electron chi connectivity index (χ2n) is 5.94. The lowest BCUT2D eigenvalue weighted by Crippen LogP contribution is -2.49. The van der Waals surface area contributed by atoms with Gasteiger partial charge in [0.15, 0.2) is 0 Å². The summed E-state index contributed by atoms with van der Waals surface area (Å²) in [6, 6.07) is 7.04. The number of carbonyl (C=O) groups excluding carboxylic acids is 1. The maximum Gasteiger partial charge on any atom is 0.322 e. The van der Waals surface area contributed by atoms with Gasteiger partial charge in [0, 0.05) is 31.7 Å². The summed E-state index contributed by atoms with van der Waals surface area (Å²) in [4.78, 5) is 25.6. The third-order valence-corrected chi connectivity index (χ3v) is 4.55. The molecule has 8 nitrogen and oxygen atoms in total. The van der Waals surface area contributed by atoms with Crippen molar-refractivity contribution in [3.05, 3.63) is 56.4 Å². The van der Waals surface area contributed by atoms with Gasteiger partial charge in [-0.2, -0.15) is 5.10 Å². The van der Waals surface area contributed by atoms with E-state index in [1.165, 1.54) is 11.6 Å². The average molecular weight is 400 g/mol. The number of amides is 1. The van der Waals surface area contributed by atoms with E-state index >= 15 is 0 Å². The quantitative estimate of drug-likeness (QED) is 0.631. The van der Waals surface area contributed by atoms with Crippen molar-refractivity contribution in [1.29, 1.82) is 0 Å². The van der Waals surface area contributed by atoms with Crippen LogP contribution in [0.3, 0.4) is 0 Å². The molecule has 1 fully saturated rings. The van der Waals surface area contributed by atoms with E-state index in [9.17, 15) is 14.9 Å². The summed E-state index contributed by atoms with van der Waals surface area (Å²) in [7, 11) is 1.55. The summed E-state index contributed by atoms with van der Waals surface area (Å²) in [5.74, 6) is -0.402. The highest BCUT2D eigenvalue weighted by atomic mass is 35.5. The first-order valence-corrected chi connectivity index (χ1v) is 8.23. The Balaban J connectivity index is 0.00000243. The summed E-state index contributed by atoms with van der Waals surface area (Å²) >= 11 is 6.08. The molecule has 3 rings (SSSR count). The number of hydrogen-bond acceptors (Lipinski definition) is 5. The summed E-state index contributed by atoms with van der Waals surface area (Å²) in [5, 5.41) is 19.3. The van der Waals surface area contributed by atoms with Gasteiger partial charge in [-0.25, -0.2) is 0 Å². The molecule has 1 saturated heterocycles. The normalized spacial score (nSPS) is 16.9. The Morgan fingerprint density at radius 2 is 2.19 bits per heavy atom. The van der Waals surface area contributed by atoms with Crippen LogP contribution >= 0.6 is 24.0 Å². The molecule has 1 atom stereocenters. The average Bonchev–Trinajstić information content (AvgIpc) is 2.88. The Kier molecular flexibility index (Phi) is 6.22. The van der Waals surface area contributed by atoms with Gasteiger partial charge in [0.05, 0.1) is 11.0 Å². The van der Waals surface area contributed by atoms with Gasteiger partial charge in [-0.05, 0) is 24.6 Å². The minimum Gasteiger partial charge on any atom is -0.327 e. The number of nitrogens with zero attached hydrogens (tertiary/aromatic N) is 4.